The second kappa shape index (κ2) is 8.67. The lowest BCUT2D eigenvalue weighted by atomic mass is 9.70. The van der Waals surface area contributed by atoms with Gasteiger partial charge in [-0.1, -0.05) is 56.3 Å². The van der Waals surface area contributed by atoms with Crippen molar-refractivity contribution in [2.24, 2.45) is 0 Å². The molecule has 0 bridgehead atoms. The molecule has 32 heavy (non-hydrogen) atoms. The van der Waals surface area contributed by atoms with Gasteiger partial charge in [0.25, 0.3) is 0 Å². The number of anilines is 1. The number of amides is 1. The van der Waals surface area contributed by atoms with Crippen LogP contribution in [0, 0.1) is 0 Å². The van der Waals surface area contributed by atoms with Crippen LogP contribution in [0.3, 0.4) is 0 Å². The number of carbonyl (C=O) groups excluding carboxylic acids is 3. The fourth-order valence-electron chi connectivity index (χ4n) is 3.95. The summed E-state index contributed by atoms with van der Waals surface area (Å²) in [6.45, 7) is 3.46. The third kappa shape index (κ3) is 3.64. The minimum atomic E-state index is -1.10. The highest BCUT2D eigenvalue weighted by Gasteiger charge is 2.49. The van der Waals surface area contributed by atoms with E-state index in [1.807, 2.05) is 24.3 Å². The van der Waals surface area contributed by atoms with Crippen LogP contribution in [0.1, 0.15) is 43.4 Å². The summed E-state index contributed by atoms with van der Waals surface area (Å²) in [5.74, 6) is 0.00565. The smallest absolute Gasteiger partial charge is 0.310 e. The molecule has 3 aromatic rings. The van der Waals surface area contributed by atoms with E-state index < -0.39 is 5.41 Å². The molecule has 1 aliphatic rings. The Bertz CT molecular complexity index is 1100. The average molecular weight is 429 g/mol. The minimum Gasteiger partial charge on any atom is -0.427 e. The van der Waals surface area contributed by atoms with E-state index in [1.165, 1.54) is 0 Å². The van der Waals surface area contributed by atoms with Crippen molar-refractivity contribution in [1.29, 1.82) is 0 Å². The normalized spacial score (nSPS) is 13.8. The highest BCUT2D eigenvalue weighted by atomic mass is 16.5. The molecule has 0 spiro atoms. The zero-order valence-electron chi connectivity index (χ0n) is 17.9. The monoisotopic (exact) mass is 429 g/mol. The summed E-state index contributed by atoms with van der Waals surface area (Å²) in [7, 11) is 0. The first kappa shape index (κ1) is 21.3. The van der Waals surface area contributed by atoms with Gasteiger partial charge in [-0.2, -0.15) is 0 Å². The number of carbonyl (C=O) groups is 3. The number of esters is 2. The van der Waals surface area contributed by atoms with E-state index in [0.717, 1.165) is 22.4 Å². The Balaban J connectivity index is 1.82. The molecule has 0 aliphatic carbocycles. The predicted octanol–water partition coefficient (Wildman–Crippen LogP) is 4.60. The maximum Gasteiger partial charge on any atom is 0.310 e. The van der Waals surface area contributed by atoms with E-state index in [-0.39, 0.29) is 30.7 Å². The molecule has 0 unspecified atom stereocenters. The van der Waals surface area contributed by atoms with Crippen molar-refractivity contribution in [3.8, 4) is 11.5 Å². The van der Waals surface area contributed by atoms with Gasteiger partial charge in [0.2, 0.25) is 5.91 Å². The number of ether oxygens (including phenoxy) is 2. The van der Waals surface area contributed by atoms with Crippen LogP contribution in [-0.2, 0) is 19.8 Å². The Kier molecular flexibility index (Phi) is 5.77. The van der Waals surface area contributed by atoms with Gasteiger partial charge in [-0.15, -0.1) is 0 Å². The van der Waals surface area contributed by atoms with Gasteiger partial charge in [-0.25, -0.2) is 0 Å². The third-order valence-corrected chi connectivity index (χ3v) is 5.54. The molecule has 1 amide bonds. The van der Waals surface area contributed by atoms with Gasteiger partial charge in [0.05, 0.1) is 0 Å². The standard InChI is InChI=1S/C26H23NO5/c1-3-23(28)31-19-13-9-17(10-14-19)26(21-7-5-6-8-22(21)27-25(26)30)18-11-15-20(16-12-18)32-24(29)4-2/h5-16H,3-4H2,1-2H3,(H,27,30). The van der Waals surface area contributed by atoms with Crippen LogP contribution in [0.25, 0.3) is 0 Å². The lowest BCUT2D eigenvalue weighted by Gasteiger charge is -2.29. The Labute approximate surface area is 186 Å². The summed E-state index contributed by atoms with van der Waals surface area (Å²) >= 11 is 0. The van der Waals surface area contributed by atoms with Crippen LogP contribution in [0.5, 0.6) is 11.5 Å². The van der Waals surface area contributed by atoms with Crippen LogP contribution in [0.15, 0.2) is 72.8 Å². The molecule has 162 valence electrons. The topological polar surface area (TPSA) is 81.7 Å². The molecule has 1 aliphatic heterocycles. The molecule has 6 nitrogen and oxygen atoms in total. The summed E-state index contributed by atoms with van der Waals surface area (Å²) in [5.41, 5.74) is 1.92. The number of fused-ring (bicyclic) bond motifs is 1. The Morgan fingerprint density at radius 1 is 0.750 bits per heavy atom. The summed E-state index contributed by atoms with van der Waals surface area (Å²) in [4.78, 5) is 36.8. The largest absolute Gasteiger partial charge is 0.427 e. The van der Waals surface area contributed by atoms with Gasteiger partial charge in [0.15, 0.2) is 0 Å². The van der Waals surface area contributed by atoms with Crippen molar-refractivity contribution in [2.45, 2.75) is 32.1 Å². The van der Waals surface area contributed by atoms with Crippen molar-refractivity contribution in [2.75, 3.05) is 5.32 Å². The second-order valence-corrected chi connectivity index (χ2v) is 7.45. The highest BCUT2D eigenvalue weighted by Crippen LogP contribution is 2.48. The van der Waals surface area contributed by atoms with Gasteiger partial charge >= 0.3 is 11.9 Å². The molecule has 0 radical (unpaired) electrons. The number of hydrogen-bond acceptors (Lipinski definition) is 5. The number of rotatable bonds is 6. The van der Waals surface area contributed by atoms with Crippen molar-refractivity contribution in [1.82, 2.24) is 0 Å². The first-order valence-electron chi connectivity index (χ1n) is 10.5. The number of hydrogen-bond donors (Lipinski definition) is 1. The molecule has 0 atom stereocenters. The molecule has 6 heteroatoms. The molecule has 1 heterocycles. The minimum absolute atomic E-state index is 0.185. The van der Waals surface area contributed by atoms with Crippen LogP contribution < -0.4 is 14.8 Å². The summed E-state index contributed by atoms with van der Waals surface area (Å²) in [6.07, 6.45) is 0.548. The van der Waals surface area contributed by atoms with Gasteiger partial charge in [-0.05, 0) is 41.5 Å². The predicted molar refractivity (Wildman–Crippen MR) is 120 cm³/mol. The van der Waals surface area contributed by atoms with Gasteiger partial charge in [0, 0.05) is 24.1 Å². The van der Waals surface area contributed by atoms with Crippen LogP contribution in [-0.4, -0.2) is 17.8 Å². The Morgan fingerprint density at radius 2 is 1.22 bits per heavy atom. The zero-order chi connectivity index (χ0) is 22.7. The summed E-state index contributed by atoms with van der Waals surface area (Å²) in [5, 5.41) is 2.99. The van der Waals surface area contributed by atoms with Crippen molar-refractivity contribution in [3.63, 3.8) is 0 Å². The lowest BCUT2D eigenvalue weighted by molar-refractivity contribution is -0.134. The van der Waals surface area contributed by atoms with Crippen molar-refractivity contribution < 1.29 is 23.9 Å². The molecule has 4 rings (SSSR count). The number of para-hydroxylation sites is 1. The lowest BCUT2D eigenvalue weighted by Crippen LogP contribution is -2.37. The molecule has 0 aromatic heterocycles. The SMILES string of the molecule is CCC(=O)Oc1ccc(C2(c3ccc(OC(=O)CC)cc3)C(=O)Nc3ccccc32)cc1. The third-order valence-electron chi connectivity index (χ3n) is 5.54. The second-order valence-electron chi connectivity index (χ2n) is 7.45. The number of nitrogens with one attached hydrogen (secondary N) is 1. The van der Waals surface area contributed by atoms with Gasteiger partial charge in [0.1, 0.15) is 16.9 Å². The van der Waals surface area contributed by atoms with Crippen molar-refractivity contribution >= 4 is 23.5 Å². The molecule has 0 saturated carbocycles. The molecule has 0 saturated heterocycles. The van der Waals surface area contributed by atoms with Crippen LogP contribution in [0.4, 0.5) is 5.69 Å². The first-order valence-corrected chi connectivity index (χ1v) is 10.5. The zero-order valence-corrected chi connectivity index (χ0v) is 17.9. The molecule has 0 fully saturated rings. The van der Waals surface area contributed by atoms with E-state index in [0.29, 0.717) is 11.5 Å². The van der Waals surface area contributed by atoms with Crippen molar-refractivity contribution in [3.05, 3.63) is 89.5 Å². The Morgan fingerprint density at radius 3 is 1.69 bits per heavy atom. The molecule has 1 N–H and O–H groups in total. The maximum atomic E-state index is 13.5. The maximum absolute atomic E-state index is 13.5. The van der Waals surface area contributed by atoms with E-state index in [2.05, 4.69) is 5.32 Å². The summed E-state index contributed by atoms with van der Waals surface area (Å²) < 4.78 is 10.6. The Hall–Kier alpha value is -3.93. The fraction of sp³-hybridized carbons (Fsp3) is 0.192. The molecule has 3 aromatic carbocycles. The summed E-state index contributed by atoms with van der Waals surface area (Å²) in [6, 6.07) is 21.5. The van der Waals surface area contributed by atoms with E-state index in [9.17, 15) is 14.4 Å². The van der Waals surface area contributed by atoms with Crippen LogP contribution >= 0.6 is 0 Å². The van der Waals surface area contributed by atoms with Gasteiger partial charge < -0.3 is 14.8 Å². The fourth-order valence-corrected chi connectivity index (χ4v) is 3.95. The van der Waals surface area contributed by atoms with Crippen LogP contribution in [0.2, 0.25) is 0 Å². The molecular formula is C26H23NO5. The highest BCUT2D eigenvalue weighted by molar-refractivity contribution is 6.11. The first-order chi connectivity index (χ1) is 15.5. The number of benzene rings is 3. The average Bonchev–Trinajstić information content (AvgIpc) is 3.12. The molecular weight excluding hydrogens is 406 g/mol. The van der Waals surface area contributed by atoms with E-state index in [1.54, 1.807) is 62.4 Å². The van der Waals surface area contributed by atoms with E-state index >= 15 is 0 Å². The van der Waals surface area contributed by atoms with Gasteiger partial charge in [-0.3, -0.25) is 14.4 Å². The quantitative estimate of drug-likeness (QED) is 0.457. The van der Waals surface area contributed by atoms with E-state index in [4.69, 9.17) is 9.47 Å².